The number of pyridine rings is 1. The summed E-state index contributed by atoms with van der Waals surface area (Å²) in [5.74, 6) is 0. The van der Waals surface area contributed by atoms with Gasteiger partial charge in [-0.05, 0) is 30.9 Å². The molecule has 0 saturated carbocycles. The molecule has 0 aliphatic heterocycles. The maximum Gasteiger partial charge on any atom is 0.0602 e. The molecule has 0 aromatic carbocycles. The molecule has 3 heteroatoms. The quantitative estimate of drug-likeness (QED) is 0.738. The van der Waals surface area contributed by atoms with Gasteiger partial charge in [0.05, 0.1) is 5.69 Å². The maximum atomic E-state index is 5.88. The third-order valence-electron chi connectivity index (χ3n) is 2.24. The normalized spacial score (nSPS) is 20.9. The number of halogens is 1. The molecule has 0 amide bonds. The van der Waals surface area contributed by atoms with Gasteiger partial charge in [0.1, 0.15) is 0 Å². The van der Waals surface area contributed by atoms with Crippen LogP contribution in [-0.4, -0.2) is 4.98 Å². The number of hydrogen-bond donors (Lipinski definition) is 1. The van der Waals surface area contributed by atoms with Gasteiger partial charge in [-0.2, -0.15) is 0 Å². The molecule has 0 spiro atoms. The molecule has 1 aromatic heterocycles. The van der Waals surface area contributed by atoms with Gasteiger partial charge in [0.15, 0.2) is 0 Å². The molecule has 2 rings (SSSR count). The average molecular weight is 229 g/mol. The molecule has 1 aliphatic rings. The molecule has 1 aromatic rings. The van der Waals surface area contributed by atoms with Gasteiger partial charge in [-0.25, -0.2) is 0 Å². The number of hydrogen-bond acceptors (Lipinski definition) is 2. The van der Waals surface area contributed by atoms with Gasteiger partial charge in [-0.1, -0.05) is 6.07 Å². The van der Waals surface area contributed by atoms with Crippen LogP contribution >= 0.6 is 17.0 Å². The molecular weight excluding hydrogens is 216 g/mol. The fourth-order valence-corrected chi connectivity index (χ4v) is 1.65. The van der Waals surface area contributed by atoms with Crippen LogP contribution in [0.4, 0.5) is 0 Å². The SMILES string of the molecule is Br.NC1CCCc2cccnc21. The highest BCUT2D eigenvalue weighted by atomic mass is 79.9. The highest BCUT2D eigenvalue weighted by Crippen LogP contribution is 2.24. The summed E-state index contributed by atoms with van der Waals surface area (Å²) in [6, 6.07) is 4.29. The molecule has 0 saturated heterocycles. The van der Waals surface area contributed by atoms with Gasteiger partial charge in [0.25, 0.3) is 0 Å². The zero-order valence-corrected chi connectivity index (χ0v) is 8.58. The van der Waals surface area contributed by atoms with Crippen LogP contribution in [0.5, 0.6) is 0 Å². The van der Waals surface area contributed by atoms with Crippen LogP contribution in [0.15, 0.2) is 18.3 Å². The summed E-state index contributed by atoms with van der Waals surface area (Å²) < 4.78 is 0. The molecule has 0 fully saturated rings. The van der Waals surface area contributed by atoms with Crippen LogP contribution in [0, 0.1) is 0 Å². The number of aromatic nitrogens is 1. The largest absolute Gasteiger partial charge is 0.323 e. The Morgan fingerprint density at radius 3 is 3.08 bits per heavy atom. The van der Waals surface area contributed by atoms with Crippen molar-refractivity contribution in [2.45, 2.75) is 25.3 Å². The number of rotatable bonds is 0. The Balaban J connectivity index is 0.000000720. The van der Waals surface area contributed by atoms with Crippen molar-refractivity contribution in [1.29, 1.82) is 0 Å². The van der Waals surface area contributed by atoms with Crippen LogP contribution in [0.1, 0.15) is 30.1 Å². The topological polar surface area (TPSA) is 38.9 Å². The van der Waals surface area contributed by atoms with Gasteiger partial charge in [0, 0.05) is 12.2 Å². The first-order valence-electron chi connectivity index (χ1n) is 4.07. The number of fused-ring (bicyclic) bond motifs is 1. The molecule has 12 heavy (non-hydrogen) atoms. The van der Waals surface area contributed by atoms with Crippen molar-refractivity contribution in [1.82, 2.24) is 4.98 Å². The molecule has 2 N–H and O–H groups in total. The second-order valence-electron chi connectivity index (χ2n) is 3.05. The minimum atomic E-state index is 0. The monoisotopic (exact) mass is 228 g/mol. The van der Waals surface area contributed by atoms with E-state index in [4.69, 9.17) is 5.73 Å². The molecule has 1 unspecified atom stereocenters. The van der Waals surface area contributed by atoms with Crippen molar-refractivity contribution in [3.05, 3.63) is 29.6 Å². The van der Waals surface area contributed by atoms with E-state index in [9.17, 15) is 0 Å². The third-order valence-corrected chi connectivity index (χ3v) is 2.24. The van der Waals surface area contributed by atoms with Crippen molar-refractivity contribution in [3.8, 4) is 0 Å². The smallest absolute Gasteiger partial charge is 0.0602 e. The number of nitrogens with two attached hydrogens (primary N) is 1. The fraction of sp³-hybridized carbons (Fsp3) is 0.444. The van der Waals surface area contributed by atoms with Crippen molar-refractivity contribution in [2.24, 2.45) is 5.73 Å². The van der Waals surface area contributed by atoms with Crippen LogP contribution in [0.25, 0.3) is 0 Å². The Morgan fingerprint density at radius 2 is 2.33 bits per heavy atom. The van der Waals surface area contributed by atoms with E-state index in [1.807, 2.05) is 12.3 Å². The number of aryl methyl sites for hydroxylation is 1. The number of nitrogens with zero attached hydrogens (tertiary/aromatic N) is 1. The highest BCUT2D eigenvalue weighted by molar-refractivity contribution is 8.93. The summed E-state index contributed by atoms with van der Waals surface area (Å²) >= 11 is 0. The zero-order chi connectivity index (χ0) is 7.68. The minimum absolute atomic E-state index is 0. The van der Waals surface area contributed by atoms with E-state index >= 15 is 0 Å². The van der Waals surface area contributed by atoms with Crippen LogP contribution in [0.3, 0.4) is 0 Å². The first kappa shape index (κ1) is 9.68. The Morgan fingerprint density at radius 1 is 1.50 bits per heavy atom. The first-order chi connectivity index (χ1) is 5.38. The Labute approximate surface area is 83.0 Å². The van der Waals surface area contributed by atoms with E-state index in [2.05, 4.69) is 11.1 Å². The summed E-state index contributed by atoms with van der Waals surface area (Å²) in [6.07, 6.45) is 5.27. The lowest BCUT2D eigenvalue weighted by atomic mass is 9.93. The van der Waals surface area contributed by atoms with Gasteiger partial charge in [-0.15, -0.1) is 17.0 Å². The summed E-state index contributed by atoms with van der Waals surface area (Å²) in [6.45, 7) is 0. The van der Waals surface area contributed by atoms with Gasteiger partial charge >= 0.3 is 0 Å². The van der Waals surface area contributed by atoms with Crippen LogP contribution in [-0.2, 0) is 6.42 Å². The molecule has 2 nitrogen and oxygen atoms in total. The average Bonchev–Trinajstić information content (AvgIpc) is 2.06. The summed E-state index contributed by atoms with van der Waals surface area (Å²) in [5, 5.41) is 0. The van der Waals surface area contributed by atoms with E-state index in [1.165, 1.54) is 12.0 Å². The fourth-order valence-electron chi connectivity index (χ4n) is 1.65. The van der Waals surface area contributed by atoms with Gasteiger partial charge in [-0.3, -0.25) is 4.98 Å². The van der Waals surface area contributed by atoms with E-state index in [-0.39, 0.29) is 23.0 Å². The molecule has 1 aliphatic carbocycles. The van der Waals surface area contributed by atoms with Crippen molar-refractivity contribution >= 4 is 17.0 Å². The summed E-state index contributed by atoms with van der Waals surface area (Å²) in [4.78, 5) is 4.28. The predicted molar refractivity (Wildman–Crippen MR) is 54.4 cm³/mol. The molecule has 0 bridgehead atoms. The summed E-state index contributed by atoms with van der Waals surface area (Å²) in [7, 11) is 0. The van der Waals surface area contributed by atoms with Crippen molar-refractivity contribution in [3.63, 3.8) is 0 Å². The van der Waals surface area contributed by atoms with Crippen molar-refractivity contribution < 1.29 is 0 Å². The van der Waals surface area contributed by atoms with Crippen LogP contribution in [0.2, 0.25) is 0 Å². The Bertz CT molecular complexity index is 262. The Kier molecular flexibility index (Phi) is 3.23. The zero-order valence-electron chi connectivity index (χ0n) is 6.86. The highest BCUT2D eigenvalue weighted by Gasteiger charge is 2.16. The van der Waals surface area contributed by atoms with Gasteiger partial charge in [0.2, 0.25) is 0 Å². The minimum Gasteiger partial charge on any atom is -0.323 e. The summed E-state index contributed by atoms with van der Waals surface area (Å²) in [5.41, 5.74) is 8.33. The van der Waals surface area contributed by atoms with E-state index in [0.717, 1.165) is 18.5 Å². The standard InChI is InChI=1S/C9H12N2.BrH/c10-8-5-1-3-7-4-2-6-11-9(7)8;/h2,4,6,8H,1,3,5,10H2;1H. The first-order valence-corrected chi connectivity index (χ1v) is 4.07. The lowest BCUT2D eigenvalue weighted by molar-refractivity contribution is 0.554. The van der Waals surface area contributed by atoms with Gasteiger partial charge < -0.3 is 5.73 Å². The molecule has 1 atom stereocenters. The lowest BCUT2D eigenvalue weighted by Crippen LogP contribution is -2.18. The Hall–Kier alpha value is -0.410. The maximum absolute atomic E-state index is 5.88. The molecule has 1 heterocycles. The lowest BCUT2D eigenvalue weighted by Gasteiger charge is -2.19. The van der Waals surface area contributed by atoms with E-state index < -0.39 is 0 Å². The van der Waals surface area contributed by atoms with E-state index in [0.29, 0.717) is 0 Å². The second-order valence-corrected chi connectivity index (χ2v) is 3.05. The predicted octanol–water partition coefficient (Wildman–Crippen LogP) is 2.00. The van der Waals surface area contributed by atoms with Crippen LogP contribution < -0.4 is 5.73 Å². The molecule has 66 valence electrons. The molecular formula is C9H13BrN2. The second kappa shape index (κ2) is 4.01. The van der Waals surface area contributed by atoms with E-state index in [1.54, 1.807) is 0 Å². The molecule has 0 radical (unpaired) electrons. The third kappa shape index (κ3) is 1.67. The van der Waals surface area contributed by atoms with Crippen molar-refractivity contribution in [2.75, 3.05) is 0 Å².